The van der Waals surface area contributed by atoms with Crippen LogP contribution in [0.5, 0.6) is 0 Å². The van der Waals surface area contributed by atoms with E-state index in [0.717, 1.165) is 0 Å². The van der Waals surface area contributed by atoms with Crippen LogP contribution in [-0.2, 0) is 4.79 Å². The van der Waals surface area contributed by atoms with Gasteiger partial charge in [-0.05, 0) is 32.6 Å². The fourth-order valence-corrected chi connectivity index (χ4v) is 3.07. The average molecular weight is 319 g/mol. The summed E-state index contributed by atoms with van der Waals surface area (Å²) >= 11 is 0. The van der Waals surface area contributed by atoms with E-state index in [1.165, 1.54) is 6.33 Å². The molecule has 8 heteroatoms. The van der Waals surface area contributed by atoms with Crippen molar-refractivity contribution in [3.8, 4) is 0 Å². The van der Waals surface area contributed by atoms with E-state index in [4.69, 9.17) is 9.52 Å². The molecule has 0 spiro atoms. The van der Waals surface area contributed by atoms with Gasteiger partial charge in [0, 0.05) is 6.04 Å². The normalized spacial score (nSPS) is 21.3. The standard InChI is InChI=1S/C15H17N3O5/c1-7-10(11-12(19)16-6-17-14(11)23-7)13(20)18-9-4-2-8(3-5-9)15(21)22/h6,8-9H,2-5H2,1H3,(H,18,20)(H,21,22)(H,16,17,19). The summed E-state index contributed by atoms with van der Waals surface area (Å²) in [5.74, 6) is -1.19. The monoisotopic (exact) mass is 319 g/mol. The van der Waals surface area contributed by atoms with Crippen molar-refractivity contribution in [2.75, 3.05) is 0 Å². The number of H-pyrrole nitrogens is 1. The number of aromatic nitrogens is 2. The molecule has 2 heterocycles. The van der Waals surface area contributed by atoms with Crippen molar-refractivity contribution in [1.82, 2.24) is 15.3 Å². The Hall–Kier alpha value is -2.64. The molecule has 1 saturated carbocycles. The molecule has 2 aromatic heterocycles. The van der Waals surface area contributed by atoms with E-state index >= 15 is 0 Å². The molecule has 1 amide bonds. The molecule has 3 N–H and O–H groups in total. The van der Waals surface area contributed by atoms with Gasteiger partial charge in [-0.3, -0.25) is 14.4 Å². The van der Waals surface area contributed by atoms with Crippen LogP contribution in [-0.4, -0.2) is 33.0 Å². The average Bonchev–Trinajstić information content (AvgIpc) is 2.85. The number of carbonyl (C=O) groups excluding carboxylic acids is 1. The number of amides is 1. The van der Waals surface area contributed by atoms with Gasteiger partial charge >= 0.3 is 5.97 Å². The van der Waals surface area contributed by atoms with Crippen molar-refractivity contribution in [1.29, 1.82) is 0 Å². The van der Waals surface area contributed by atoms with Crippen LogP contribution >= 0.6 is 0 Å². The van der Waals surface area contributed by atoms with Crippen LogP contribution in [0.1, 0.15) is 41.8 Å². The van der Waals surface area contributed by atoms with Gasteiger partial charge in [0.1, 0.15) is 11.1 Å². The number of aryl methyl sites for hydroxylation is 1. The zero-order valence-corrected chi connectivity index (χ0v) is 12.6. The third kappa shape index (κ3) is 2.84. The van der Waals surface area contributed by atoms with E-state index in [0.29, 0.717) is 31.4 Å². The minimum absolute atomic E-state index is 0.0989. The lowest BCUT2D eigenvalue weighted by Crippen LogP contribution is -2.39. The van der Waals surface area contributed by atoms with Gasteiger partial charge < -0.3 is 19.8 Å². The van der Waals surface area contributed by atoms with E-state index in [2.05, 4.69) is 15.3 Å². The lowest BCUT2D eigenvalue weighted by atomic mass is 9.86. The minimum atomic E-state index is -0.788. The predicted molar refractivity (Wildman–Crippen MR) is 80.2 cm³/mol. The highest BCUT2D eigenvalue weighted by atomic mass is 16.4. The Morgan fingerprint density at radius 2 is 2.04 bits per heavy atom. The highest BCUT2D eigenvalue weighted by molar-refractivity contribution is 6.06. The van der Waals surface area contributed by atoms with E-state index in [-0.39, 0.29) is 28.6 Å². The molecule has 1 aliphatic carbocycles. The summed E-state index contributed by atoms with van der Waals surface area (Å²) in [6.07, 6.45) is 3.50. The summed E-state index contributed by atoms with van der Waals surface area (Å²) in [5.41, 5.74) is -0.104. The molecular weight excluding hydrogens is 302 g/mol. The first-order valence-corrected chi connectivity index (χ1v) is 7.48. The van der Waals surface area contributed by atoms with Crippen molar-refractivity contribution in [3.63, 3.8) is 0 Å². The summed E-state index contributed by atoms with van der Waals surface area (Å²) in [4.78, 5) is 41.7. The molecule has 0 radical (unpaired) electrons. The molecule has 0 aromatic carbocycles. The van der Waals surface area contributed by atoms with Crippen molar-refractivity contribution < 1.29 is 19.1 Å². The Labute approximate surface area is 130 Å². The van der Waals surface area contributed by atoms with Gasteiger partial charge in [0.15, 0.2) is 0 Å². The molecule has 23 heavy (non-hydrogen) atoms. The van der Waals surface area contributed by atoms with Crippen LogP contribution < -0.4 is 10.9 Å². The first kappa shape index (κ1) is 15.3. The van der Waals surface area contributed by atoms with E-state index in [1.807, 2.05) is 0 Å². The van der Waals surface area contributed by atoms with E-state index in [9.17, 15) is 14.4 Å². The number of nitrogens with zero attached hydrogens (tertiary/aromatic N) is 1. The molecule has 1 fully saturated rings. The highest BCUT2D eigenvalue weighted by Gasteiger charge is 2.29. The van der Waals surface area contributed by atoms with Crippen LogP contribution in [0.4, 0.5) is 0 Å². The SMILES string of the molecule is Cc1oc2nc[nH]c(=O)c2c1C(=O)NC1CCC(C(=O)O)CC1. The number of hydrogen-bond donors (Lipinski definition) is 3. The number of rotatable bonds is 3. The summed E-state index contributed by atoms with van der Waals surface area (Å²) in [6.45, 7) is 1.61. The molecule has 3 rings (SSSR count). The number of hydrogen-bond acceptors (Lipinski definition) is 5. The topological polar surface area (TPSA) is 125 Å². The van der Waals surface area contributed by atoms with Gasteiger partial charge in [0.2, 0.25) is 5.71 Å². The lowest BCUT2D eigenvalue weighted by molar-refractivity contribution is -0.142. The third-order valence-electron chi connectivity index (χ3n) is 4.31. The number of aliphatic carboxylic acids is 1. The van der Waals surface area contributed by atoms with Crippen molar-refractivity contribution >= 4 is 23.0 Å². The number of nitrogens with one attached hydrogen (secondary N) is 2. The zero-order valence-electron chi connectivity index (χ0n) is 12.6. The Kier molecular flexibility index (Phi) is 3.89. The fraction of sp³-hybridized carbons (Fsp3) is 0.467. The minimum Gasteiger partial charge on any atom is -0.481 e. The zero-order chi connectivity index (χ0) is 16.6. The van der Waals surface area contributed by atoms with Crippen molar-refractivity contribution in [2.45, 2.75) is 38.6 Å². The summed E-state index contributed by atoms with van der Waals surface area (Å²) in [6, 6.07) is -0.0989. The van der Waals surface area contributed by atoms with Crippen molar-refractivity contribution in [2.24, 2.45) is 5.92 Å². The molecule has 1 aliphatic rings. The van der Waals surface area contributed by atoms with Gasteiger partial charge in [0.25, 0.3) is 11.5 Å². The predicted octanol–water partition coefficient (Wildman–Crippen LogP) is 1.20. The second kappa shape index (κ2) is 5.86. The molecule has 0 bridgehead atoms. The molecule has 8 nitrogen and oxygen atoms in total. The first-order chi connectivity index (χ1) is 11.0. The number of aromatic amines is 1. The molecule has 0 aliphatic heterocycles. The summed E-state index contributed by atoms with van der Waals surface area (Å²) in [7, 11) is 0. The quantitative estimate of drug-likeness (QED) is 0.780. The lowest BCUT2D eigenvalue weighted by Gasteiger charge is -2.26. The number of carboxylic acids is 1. The van der Waals surface area contributed by atoms with Gasteiger partial charge in [-0.2, -0.15) is 0 Å². The van der Waals surface area contributed by atoms with Crippen LogP contribution in [0.25, 0.3) is 11.1 Å². The Bertz CT molecular complexity index is 814. The molecule has 0 saturated heterocycles. The Morgan fingerprint density at radius 1 is 1.35 bits per heavy atom. The van der Waals surface area contributed by atoms with Crippen LogP contribution in [0.2, 0.25) is 0 Å². The maximum Gasteiger partial charge on any atom is 0.306 e. The molecular formula is C15H17N3O5. The number of carboxylic acid groups (broad SMARTS) is 1. The molecule has 2 aromatic rings. The van der Waals surface area contributed by atoms with Gasteiger partial charge in [0.05, 0.1) is 17.8 Å². The first-order valence-electron chi connectivity index (χ1n) is 7.48. The van der Waals surface area contributed by atoms with Gasteiger partial charge in [-0.15, -0.1) is 0 Å². The van der Waals surface area contributed by atoms with Crippen LogP contribution in [0.15, 0.2) is 15.5 Å². The second-order valence-electron chi connectivity index (χ2n) is 5.81. The summed E-state index contributed by atoms with van der Waals surface area (Å²) < 4.78 is 5.37. The third-order valence-corrected chi connectivity index (χ3v) is 4.31. The molecule has 122 valence electrons. The van der Waals surface area contributed by atoms with Crippen LogP contribution in [0, 0.1) is 12.8 Å². The molecule has 0 unspecified atom stereocenters. The van der Waals surface area contributed by atoms with E-state index in [1.54, 1.807) is 6.92 Å². The maximum absolute atomic E-state index is 12.5. The van der Waals surface area contributed by atoms with Crippen molar-refractivity contribution in [3.05, 3.63) is 28.0 Å². The fourth-order valence-electron chi connectivity index (χ4n) is 3.07. The smallest absolute Gasteiger partial charge is 0.306 e. The van der Waals surface area contributed by atoms with Crippen LogP contribution in [0.3, 0.4) is 0 Å². The second-order valence-corrected chi connectivity index (χ2v) is 5.81. The maximum atomic E-state index is 12.5. The number of carbonyl (C=O) groups is 2. The van der Waals surface area contributed by atoms with E-state index < -0.39 is 17.4 Å². The van der Waals surface area contributed by atoms with Gasteiger partial charge in [-0.1, -0.05) is 0 Å². The molecule has 0 atom stereocenters. The number of fused-ring (bicyclic) bond motifs is 1. The summed E-state index contributed by atoms with van der Waals surface area (Å²) in [5, 5.41) is 12.0. The Balaban J connectivity index is 1.79. The highest BCUT2D eigenvalue weighted by Crippen LogP contribution is 2.26. The Morgan fingerprint density at radius 3 is 2.70 bits per heavy atom. The largest absolute Gasteiger partial charge is 0.481 e. The van der Waals surface area contributed by atoms with Gasteiger partial charge in [-0.25, -0.2) is 4.98 Å². The number of furan rings is 1.